The minimum absolute atomic E-state index is 0.0502. The topological polar surface area (TPSA) is 92.8 Å². The Bertz CT molecular complexity index is 1070. The van der Waals surface area contributed by atoms with Gasteiger partial charge in [0.25, 0.3) is 21.8 Å². The molecule has 2 amide bonds. The lowest BCUT2D eigenvalue weighted by atomic mass is 10.1. The first-order valence-electron chi connectivity index (χ1n) is 8.52. The Labute approximate surface area is 157 Å². The molecule has 7 nitrogen and oxygen atoms in total. The standard InChI is InChI=1S/C19H18N2O5S/c1-11-10-13(8-9-16(11)26-2)27(24,25)20-15-5-3-4-14-17(15)19(23)21(18(14)22)12-6-7-12/h3-5,8-10,12,20H,6-7H2,1-2H3. The van der Waals surface area contributed by atoms with Crippen LogP contribution in [-0.4, -0.2) is 38.3 Å². The fourth-order valence-electron chi connectivity index (χ4n) is 3.27. The molecule has 2 aliphatic rings. The summed E-state index contributed by atoms with van der Waals surface area (Å²) in [6.45, 7) is 1.74. The number of anilines is 1. The smallest absolute Gasteiger partial charge is 0.263 e. The molecule has 0 aromatic heterocycles. The van der Waals surface area contributed by atoms with E-state index < -0.39 is 15.9 Å². The van der Waals surface area contributed by atoms with Crippen LogP contribution in [0.5, 0.6) is 5.75 Å². The fourth-order valence-corrected chi connectivity index (χ4v) is 4.43. The van der Waals surface area contributed by atoms with Crippen LogP contribution in [0.1, 0.15) is 39.1 Å². The largest absolute Gasteiger partial charge is 0.496 e. The maximum absolute atomic E-state index is 12.8. The highest BCUT2D eigenvalue weighted by atomic mass is 32.2. The minimum Gasteiger partial charge on any atom is -0.496 e. The summed E-state index contributed by atoms with van der Waals surface area (Å²) in [5.74, 6) is -0.226. The van der Waals surface area contributed by atoms with Crippen molar-refractivity contribution in [2.75, 3.05) is 11.8 Å². The molecule has 1 N–H and O–H groups in total. The molecule has 0 spiro atoms. The van der Waals surface area contributed by atoms with E-state index >= 15 is 0 Å². The van der Waals surface area contributed by atoms with E-state index in [9.17, 15) is 18.0 Å². The SMILES string of the molecule is COc1ccc(S(=O)(=O)Nc2cccc3c2C(=O)N(C2CC2)C3=O)cc1C. The number of ether oxygens (including phenoxy) is 1. The predicted octanol–water partition coefficient (Wildman–Crippen LogP) is 2.56. The van der Waals surface area contributed by atoms with Crippen LogP contribution in [0.15, 0.2) is 41.3 Å². The van der Waals surface area contributed by atoms with Crippen molar-refractivity contribution in [2.45, 2.75) is 30.7 Å². The summed E-state index contributed by atoms with van der Waals surface area (Å²) in [6, 6.07) is 9.03. The van der Waals surface area contributed by atoms with Gasteiger partial charge in [-0.25, -0.2) is 8.42 Å². The Hall–Kier alpha value is -2.87. The van der Waals surface area contributed by atoms with Crippen molar-refractivity contribution in [3.05, 3.63) is 53.1 Å². The number of amides is 2. The highest BCUT2D eigenvalue weighted by molar-refractivity contribution is 7.92. The zero-order valence-electron chi connectivity index (χ0n) is 14.9. The van der Waals surface area contributed by atoms with Gasteiger partial charge in [0, 0.05) is 6.04 Å². The Morgan fingerprint density at radius 2 is 1.85 bits per heavy atom. The normalized spacial score (nSPS) is 16.4. The van der Waals surface area contributed by atoms with E-state index in [2.05, 4.69) is 4.72 Å². The summed E-state index contributed by atoms with van der Waals surface area (Å²) >= 11 is 0. The number of fused-ring (bicyclic) bond motifs is 1. The summed E-state index contributed by atoms with van der Waals surface area (Å²) < 4.78 is 33.2. The second kappa shape index (κ2) is 6.09. The van der Waals surface area contributed by atoms with Gasteiger partial charge in [-0.2, -0.15) is 0 Å². The third kappa shape index (κ3) is 2.86. The highest BCUT2D eigenvalue weighted by Gasteiger charge is 2.45. The zero-order chi connectivity index (χ0) is 19.3. The third-order valence-electron chi connectivity index (χ3n) is 4.78. The van der Waals surface area contributed by atoms with Crippen molar-refractivity contribution in [1.82, 2.24) is 4.90 Å². The number of methoxy groups -OCH3 is 1. The lowest BCUT2D eigenvalue weighted by Gasteiger charge is -2.13. The van der Waals surface area contributed by atoms with Crippen LogP contribution in [0, 0.1) is 6.92 Å². The lowest BCUT2D eigenvalue weighted by molar-refractivity contribution is 0.0643. The molecule has 1 aliphatic carbocycles. The second-order valence-corrected chi connectivity index (χ2v) is 8.36. The number of hydrogen-bond donors (Lipinski definition) is 1. The number of nitrogens with zero attached hydrogens (tertiary/aromatic N) is 1. The van der Waals surface area contributed by atoms with Crippen molar-refractivity contribution in [3.8, 4) is 5.75 Å². The summed E-state index contributed by atoms with van der Waals surface area (Å²) in [4.78, 5) is 26.5. The quantitative estimate of drug-likeness (QED) is 0.797. The van der Waals surface area contributed by atoms with E-state index in [1.54, 1.807) is 25.1 Å². The number of nitrogens with one attached hydrogen (secondary N) is 1. The average molecular weight is 386 g/mol. The number of carbonyl (C=O) groups excluding carboxylic acids is 2. The molecule has 1 aliphatic heterocycles. The predicted molar refractivity (Wildman–Crippen MR) is 98.5 cm³/mol. The Balaban J connectivity index is 1.71. The maximum atomic E-state index is 12.8. The van der Waals surface area contributed by atoms with Gasteiger partial charge in [-0.3, -0.25) is 19.2 Å². The zero-order valence-corrected chi connectivity index (χ0v) is 15.7. The first-order chi connectivity index (χ1) is 12.8. The molecule has 4 rings (SSSR count). The first kappa shape index (κ1) is 17.5. The molecular formula is C19H18N2O5S. The molecule has 1 heterocycles. The molecular weight excluding hydrogens is 368 g/mol. The van der Waals surface area contributed by atoms with E-state index in [0.29, 0.717) is 11.3 Å². The fraction of sp³-hybridized carbons (Fsp3) is 0.263. The monoisotopic (exact) mass is 386 g/mol. The summed E-state index contributed by atoms with van der Waals surface area (Å²) in [5, 5.41) is 0. The van der Waals surface area contributed by atoms with Gasteiger partial charge in [0.1, 0.15) is 5.75 Å². The van der Waals surface area contributed by atoms with Crippen molar-refractivity contribution < 1.29 is 22.7 Å². The van der Waals surface area contributed by atoms with Gasteiger partial charge in [-0.1, -0.05) is 6.07 Å². The van der Waals surface area contributed by atoms with Crippen LogP contribution in [-0.2, 0) is 10.0 Å². The highest BCUT2D eigenvalue weighted by Crippen LogP contribution is 2.37. The van der Waals surface area contributed by atoms with Gasteiger partial charge in [-0.15, -0.1) is 0 Å². The van der Waals surface area contributed by atoms with Crippen molar-refractivity contribution in [1.29, 1.82) is 0 Å². The molecule has 0 radical (unpaired) electrons. The van der Waals surface area contributed by atoms with Crippen LogP contribution in [0.25, 0.3) is 0 Å². The number of hydrogen-bond acceptors (Lipinski definition) is 5. The van der Waals surface area contributed by atoms with E-state index in [-0.39, 0.29) is 33.7 Å². The van der Waals surface area contributed by atoms with Gasteiger partial charge in [0.2, 0.25) is 0 Å². The molecule has 2 aromatic carbocycles. The Morgan fingerprint density at radius 3 is 2.48 bits per heavy atom. The van der Waals surface area contributed by atoms with Gasteiger partial charge in [-0.05, 0) is 55.7 Å². The van der Waals surface area contributed by atoms with Gasteiger partial charge >= 0.3 is 0 Å². The molecule has 0 saturated heterocycles. The maximum Gasteiger partial charge on any atom is 0.263 e. The van der Waals surface area contributed by atoms with Crippen LogP contribution in [0.4, 0.5) is 5.69 Å². The van der Waals surface area contributed by atoms with Crippen LogP contribution in [0.2, 0.25) is 0 Å². The summed E-state index contributed by atoms with van der Waals surface area (Å²) in [5.41, 5.74) is 1.13. The van der Waals surface area contributed by atoms with E-state index in [1.165, 1.54) is 30.2 Å². The number of sulfonamides is 1. The summed E-state index contributed by atoms with van der Waals surface area (Å²) in [7, 11) is -2.42. The van der Waals surface area contributed by atoms with Crippen molar-refractivity contribution >= 4 is 27.5 Å². The number of aryl methyl sites for hydroxylation is 1. The van der Waals surface area contributed by atoms with E-state index in [1.807, 2.05) is 0 Å². The number of rotatable bonds is 5. The second-order valence-electron chi connectivity index (χ2n) is 6.68. The molecule has 0 bridgehead atoms. The van der Waals surface area contributed by atoms with Gasteiger partial charge in [0.15, 0.2) is 0 Å². The lowest BCUT2D eigenvalue weighted by Crippen LogP contribution is -2.31. The molecule has 140 valence electrons. The third-order valence-corrected chi connectivity index (χ3v) is 6.14. The van der Waals surface area contributed by atoms with Crippen molar-refractivity contribution in [3.63, 3.8) is 0 Å². The Morgan fingerprint density at radius 1 is 1.11 bits per heavy atom. The van der Waals surface area contributed by atoms with Crippen molar-refractivity contribution in [2.24, 2.45) is 0 Å². The molecule has 1 fully saturated rings. The number of carbonyl (C=O) groups is 2. The molecule has 0 atom stereocenters. The number of benzene rings is 2. The minimum atomic E-state index is -3.93. The first-order valence-corrected chi connectivity index (χ1v) is 10.00. The molecule has 27 heavy (non-hydrogen) atoms. The van der Waals surface area contributed by atoms with Crippen LogP contribution >= 0.6 is 0 Å². The summed E-state index contributed by atoms with van der Waals surface area (Å²) in [6.07, 6.45) is 1.58. The molecule has 0 unspecified atom stereocenters. The van der Waals surface area contributed by atoms with Crippen LogP contribution in [0.3, 0.4) is 0 Å². The molecule has 1 saturated carbocycles. The van der Waals surface area contributed by atoms with E-state index in [0.717, 1.165) is 12.8 Å². The number of imide groups is 1. The Kier molecular flexibility index (Phi) is 3.96. The molecule has 8 heteroatoms. The van der Waals surface area contributed by atoms with E-state index in [4.69, 9.17) is 4.74 Å². The molecule has 2 aromatic rings. The van der Waals surface area contributed by atoms with Gasteiger partial charge in [0.05, 0.1) is 28.8 Å². The van der Waals surface area contributed by atoms with Gasteiger partial charge < -0.3 is 4.74 Å². The van der Waals surface area contributed by atoms with Crippen LogP contribution < -0.4 is 9.46 Å². The average Bonchev–Trinajstić information content (AvgIpc) is 3.42.